The number of amides is 2. The molecule has 0 unspecified atom stereocenters. The molecule has 2 amide bonds. The van der Waals surface area contributed by atoms with Crippen LogP contribution in [0.3, 0.4) is 0 Å². The van der Waals surface area contributed by atoms with Crippen molar-refractivity contribution < 1.29 is 4.79 Å². The second kappa shape index (κ2) is 8.93. The molecule has 1 aromatic heterocycles. The zero-order valence-electron chi connectivity index (χ0n) is 16.4. The van der Waals surface area contributed by atoms with Crippen molar-refractivity contribution in [2.24, 2.45) is 5.92 Å². The van der Waals surface area contributed by atoms with Crippen molar-refractivity contribution in [2.45, 2.75) is 20.4 Å². The van der Waals surface area contributed by atoms with E-state index in [4.69, 9.17) is 16.7 Å². The van der Waals surface area contributed by atoms with Crippen LogP contribution in [0.4, 0.5) is 4.79 Å². The minimum atomic E-state index is -0.0942. The van der Waals surface area contributed by atoms with Gasteiger partial charge >= 0.3 is 6.03 Å². The van der Waals surface area contributed by atoms with Gasteiger partial charge in [-0.1, -0.05) is 55.8 Å². The molecule has 0 atom stereocenters. The van der Waals surface area contributed by atoms with Gasteiger partial charge in [-0.05, 0) is 30.2 Å². The number of nitrogens with one attached hydrogen (secondary N) is 1. The summed E-state index contributed by atoms with van der Waals surface area (Å²) < 4.78 is 1.85. The Labute approximate surface area is 170 Å². The van der Waals surface area contributed by atoms with Crippen molar-refractivity contribution in [2.75, 3.05) is 13.6 Å². The standard InChI is InChI=1S/C22H25ClN4O/c1-16(2)13-24-22(28)26(3)14-18-15-27(20-7-5-4-6-8-20)25-21(18)17-9-11-19(23)12-10-17/h4-12,15-16H,13-14H2,1-3H3,(H,24,28). The average Bonchev–Trinajstić information content (AvgIpc) is 3.11. The van der Waals surface area contributed by atoms with E-state index in [9.17, 15) is 4.79 Å². The van der Waals surface area contributed by atoms with Gasteiger partial charge in [0.05, 0.1) is 17.9 Å². The molecule has 2 aromatic carbocycles. The molecule has 0 saturated heterocycles. The molecule has 3 aromatic rings. The number of carbonyl (C=O) groups excluding carboxylic acids is 1. The molecule has 0 radical (unpaired) electrons. The normalized spacial score (nSPS) is 10.9. The van der Waals surface area contributed by atoms with Gasteiger partial charge in [-0.25, -0.2) is 9.48 Å². The molecule has 6 heteroatoms. The fourth-order valence-corrected chi connectivity index (χ4v) is 2.97. The summed E-state index contributed by atoms with van der Waals surface area (Å²) in [5, 5.41) is 8.41. The summed E-state index contributed by atoms with van der Waals surface area (Å²) in [6.45, 7) is 5.25. The van der Waals surface area contributed by atoms with Crippen LogP contribution in [0.25, 0.3) is 16.9 Å². The zero-order chi connectivity index (χ0) is 20.1. The summed E-state index contributed by atoms with van der Waals surface area (Å²) in [7, 11) is 1.79. The highest BCUT2D eigenvalue weighted by Crippen LogP contribution is 2.26. The number of benzene rings is 2. The Morgan fingerprint density at radius 1 is 1.14 bits per heavy atom. The van der Waals surface area contributed by atoms with E-state index in [-0.39, 0.29) is 6.03 Å². The van der Waals surface area contributed by atoms with Crippen molar-refractivity contribution in [3.63, 3.8) is 0 Å². The number of carbonyl (C=O) groups is 1. The van der Waals surface area contributed by atoms with Crippen LogP contribution in [-0.4, -0.2) is 34.3 Å². The Hall–Kier alpha value is -2.79. The SMILES string of the molecule is CC(C)CNC(=O)N(C)Cc1cn(-c2ccccc2)nc1-c1ccc(Cl)cc1. The largest absolute Gasteiger partial charge is 0.338 e. The average molecular weight is 397 g/mol. The molecule has 0 fully saturated rings. The van der Waals surface area contributed by atoms with Crippen molar-refractivity contribution in [1.82, 2.24) is 20.0 Å². The third kappa shape index (κ3) is 4.93. The van der Waals surface area contributed by atoms with Gasteiger partial charge in [-0.15, -0.1) is 0 Å². The summed E-state index contributed by atoms with van der Waals surface area (Å²) in [6, 6.07) is 17.4. The molecular weight excluding hydrogens is 372 g/mol. The fourth-order valence-electron chi connectivity index (χ4n) is 2.84. The number of hydrogen-bond acceptors (Lipinski definition) is 2. The van der Waals surface area contributed by atoms with Crippen molar-refractivity contribution >= 4 is 17.6 Å². The highest BCUT2D eigenvalue weighted by atomic mass is 35.5. The highest BCUT2D eigenvalue weighted by Gasteiger charge is 2.17. The van der Waals surface area contributed by atoms with Gasteiger partial charge in [-0.3, -0.25) is 0 Å². The zero-order valence-corrected chi connectivity index (χ0v) is 17.1. The van der Waals surface area contributed by atoms with E-state index in [1.807, 2.05) is 65.5 Å². The van der Waals surface area contributed by atoms with Gasteiger partial charge < -0.3 is 10.2 Å². The number of urea groups is 1. The lowest BCUT2D eigenvalue weighted by molar-refractivity contribution is 0.205. The van der Waals surface area contributed by atoms with Gasteiger partial charge in [0.15, 0.2) is 0 Å². The van der Waals surface area contributed by atoms with Crippen molar-refractivity contribution in [3.8, 4) is 16.9 Å². The second-order valence-electron chi connectivity index (χ2n) is 7.23. The topological polar surface area (TPSA) is 50.2 Å². The molecular formula is C22H25ClN4O. The van der Waals surface area contributed by atoms with E-state index >= 15 is 0 Å². The Kier molecular flexibility index (Phi) is 6.37. The van der Waals surface area contributed by atoms with Crippen LogP contribution in [0.15, 0.2) is 60.8 Å². The van der Waals surface area contributed by atoms with E-state index in [1.165, 1.54) is 0 Å². The van der Waals surface area contributed by atoms with Crippen LogP contribution < -0.4 is 5.32 Å². The van der Waals surface area contributed by atoms with E-state index in [2.05, 4.69) is 19.2 Å². The summed E-state index contributed by atoms with van der Waals surface area (Å²) in [5.41, 5.74) is 3.73. The number of hydrogen-bond donors (Lipinski definition) is 1. The maximum atomic E-state index is 12.4. The van der Waals surface area contributed by atoms with Gasteiger partial charge in [0.25, 0.3) is 0 Å². The summed E-state index contributed by atoms with van der Waals surface area (Å²) in [5.74, 6) is 0.405. The molecule has 0 saturated carbocycles. The lowest BCUT2D eigenvalue weighted by Crippen LogP contribution is -2.38. The van der Waals surface area contributed by atoms with Gasteiger partial charge in [-0.2, -0.15) is 5.10 Å². The third-order valence-electron chi connectivity index (χ3n) is 4.34. The maximum absolute atomic E-state index is 12.4. The monoisotopic (exact) mass is 396 g/mol. The van der Waals surface area contributed by atoms with Gasteiger partial charge in [0.1, 0.15) is 0 Å². The fraction of sp³-hybridized carbons (Fsp3) is 0.273. The number of nitrogens with zero attached hydrogens (tertiary/aromatic N) is 3. The Balaban J connectivity index is 1.90. The minimum absolute atomic E-state index is 0.0942. The first kappa shape index (κ1) is 20.0. The molecule has 1 N–H and O–H groups in total. The first-order chi connectivity index (χ1) is 13.4. The predicted octanol–water partition coefficient (Wildman–Crippen LogP) is 4.99. The second-order valence-corrected chi connectivity index (χ2v) is 7.66. The number of halogens is 1. The number of para-hydroxylation sites is 1. The molecule has 146 valence electrons. The molecule has 1 heterocycles. The Morgan fingerprint density at radius 3 is 2.46 bits per heavy atom. The molecule has 5 nitrogen and oxygen atoms in total. The van der Waals surface area contributed by atoms with Crippen LogP contribution in [0.5, 0.6) is 0 Å². The molecule has 0 aliphatic rings. The van der Waals surface area contributed by atoms with Crippen LogP contribution in [0, 0.1) is 5.92 Å². The van der Waals surface area contributed by atoms with Crippen LogP contribution >= 0.6 is 11.6 Å². The third-order valence-corrected chi connectivity index (χ3v) is 4.60. The van der Waals surface area contributed by atoms with E-state index < -0.39 is 0 Å². The Bertz CT molecular complexity index is 919. The van der Waals surface area contributed by atoms with Crippen molar-refractivity contribution in [1.29, 1.82) is 0 Å². The van der Waals surface area contributed by atoms with Crippen LogP contribution in [0.1, 0.15) is 19.4 Å². The smallest absolute Gasteiger partial charge is 0.317 e. The summed E-state index contributed by atoms with van der Waals surface area (Å²) >= 11 is 6.04. The van der Waals surface area contributed by atoms with Gasteiger partial charge in [0, 0.05) is 35.9 Å². The lowest BCUT2D eigenvalue weighted by atomic mass is 10.1. The maximum Gasteiger partial charge on any atom is 0.317 e. The van der Waals surface area contributed by atoms with E-state index in [1.54, 1.807) is 11.9 Å². The first-order valence-corrected chi connectivity index (χ1v) is 9.70. The number of rotatable bonds is 6. The summed E-state index contributed by atoms with van der Waals surface area (Å²) in [6.07, 6.45) is 1.98. The molecule has 3 rings (SSSR count). The van der Waals surface area contributed by atoms with Crippen LogP contribution in [-0.2, 0) is 6.54 Å². The molecule has 0 aliphatic carbocycles. The molecule has 28 heavy (non-hydrogen) atoms. The van der Waals surface area contributed by atoms with Gasteiger partial charge in [0.2, 0.25) is 0 Å². The molecule has 0 spiro atoms. The Morgan fingerprint density at radius 2 is 1.82 bits per heavy atom. The molecule has 0 bridgehead atoms. The van der Waals surface area contributed by atoms with E-state index in [0.717, 1.165) is 22.5 Å². The van der Waals surface area contributed by atoms with Crippen LogP contribution in [0.2, 0.25) is 5.02 Å². The molecule has 0 aliphatic heterocycles. The van der Waals surface area contributed by atoms with Crippen molar-refractivity contribution in [3.05, 3.63) is 71.4 Å². The highest BCUT2D eigenvalue weighted by molar-refractivity contribution is 6.30. The summed E-state index contributed by atoms with van der Waals surface area (Å²) in [4.78, 5) is 14.1. The first-order valence-electron chi connectivity index (χ1n) is 9.33. The predicted molar refractivity (Wildman–Crippen MR) is 114 cm³/mol. The quantitative estimate of drug-likeness (QED) is 0.638. The lowest BCUT2D eigenvalue weighted by Gasteiger charge is -2.18. The minimum Gasteiger partial charge on any atom is -0.338 e. The van der Waals surface area contributed by atoms with E-state index in [0.29, 0.717) is 24.0 Å². The number of aromatic nitrogens is 2.